The van der Waals surface area contributed by atoms with Crippen LogP contribution in [0.5, 0.6) is 0 Å². The summed E-state index contributed by atoms with van der Waals surface area (Å²) in [5.41, 5.74) is 7.12. The first-order valence-corrected chi connectivity index (χ1v) is 4.42. The lowest BCUT2D eigenvalue weighted by Gasteiger charge is -2.05. The maximum Gasteiger partial charge on any atom is 0.290 e. The Morgan fingerprint density at radius 1 is 1.33 bits per heavy atom. The summed E-state index contributed by atoms with van der Waals surface area (Å²) < 4.78 is 1.21. The molecule has 0 aliphatic carbocycles. The van der Waals surface area contributed by atoms with Gasteiger partial charge in [-0.05, 0) is 17.7 Å². The fourth-order valence-electron chi connectivity index (χ4n) is 1.32. The van der Waals surface area contributed by atoms with Crippen LogP contribution in [0, 0.1) is 0 Å². The van der Waals surface area contributed by atoms with E-state index in [1.54, 1.807) is 37.8 Å². The molecular formula is C10H10N4O. The first-order chi connectivity index (χ1) is 7.20. The monoisotopic (exact) mass is 202 g/mol. The third kappa shape index (κ3) is 1.59. The zero-order valence-corrected chi connectivity index (χ0v) is 8.21. The lowest BCUT2D eigenvalue weighted by Crippen LogP contribution is -2.22. The van der Waals surface area contributed by atoms with Crippen molar-refractivity contribution in [2.24, 2.45) is 7.05 Å². The van der Waals surface area contributed by atoms with E-state index in [2.05, 4.69) is 10.1 Å². The molecule has 0 amide bonds. The van der Waals surface area contributed by atoms with Crippen molar-refractivity contribution in [3.63, 3.8) is 0 Å². The highest BCUT2D eigenvalue weighted by atomic mass is 16.1. The van der Waals surface area contributed by atoms with Gasteiger partial charge in [0.2, 0.25) is 0 Å². The molecule has 0 aliphatic rings. The van der Waals surface area contributed by atoms with Gasteiger partial charge in [0.1, 0.15) is 5.69 Å². The number of nitrogen functional groups attached to an aromatic ring is 1. The molecule has 15 heavy (non-hydrogen) atoms. The largest absolute Gasteiger partial charge is 0.394 e. The van der Waals surface area contributed by atoms with Crippen LogP contribution in [0.2, 0.25) is 0 Å². The molecule has 5 heteroatoms. The van der Waals surface area contributed by atoms with Crippen LogP contribution in [-0.4, -0.2) is 14.8 Å². The third-order valence-corrected chi connectivity index (χ3v) is 2.17. The van der Waals surface area contributed by atoms with Crippen LogP contribution in [0.4, 0.5) is 5.69 Å². The van der Waals surface area contributed by atoms with Crippen LogP contribution in [0.15, 0.2) is 35.5 Å². The van der Waals surface area contributed by atoms with Crippen molar-refractivity contribution in [2.75, 3.05) is 5.73 Å². The van der Waals surface area contributed by atoms with E-state index in [-0.39, 0.29) is 11.2 Å². The zero-order chi connectivity index (χ0) is 10.8. The minimum Gasteiger partial charge on any atom is -0.394 e. The standard InChI is InChI=1S/C10H10N4O/c1-14-10(15)9(11)8(6-13-14)7-2-4-12-5-3-7/h2-6H,11H2,1H3. The number of pyridine rings is 1. The summed E-state index contributed by atoms with van der Waals surface area (Å²) >= 11 is 0. The molecule has 2 aromatic heterocycles. The van der Waals surface area contributed by atoms with Crippen molar-refractivity contribution in [1.82, 2.24) is 14.8 Å². The van der Waals surface area contributed by atoms with E-state index in [1.807, 2.05) is 0 Å². The van der Waals surface area contributed by atoms with E-state index in [4.69, 9.17) is 5.73 Å². The molecule has 0 atom stereocenters. The van der Waals surface area contributed by atoms with E-state index in [0.29, 0.717) is 5.56 Å². The van der Waals surface area contributed by atoms with Crippen LogP contribution in [0.3, 0.4) is 0 Å². The van der Waals surface area contributed by atoms with Crippen LogP contribution in [0.25, 0.3) is 11.1 Å². The van der Waals surface area contributed by atoms with Crippen molar-refractivity contribution in [1.29, 1.82) is 0 Å². The quantitative estimate of drug-likeness (QED) is 0.727. The number of anilines is 1. The smallest absolute Gasteiger partial charge is 0.290 e. The van der Waals surface area contributed by atoms with Crippen molar-refractivity contribution in [3.8, 4) is 11.1 Å². The lowest BCUT2D eigenvalue weighted by atomic mass is 10.1. The highest BCUT2D eigenvalue weighted by molar-refractivity contribution is 5.74. The number of hydrogen-bond acceptors (Lipinski definition) is 4. The predicted octanol–water partition coefficient (Wildman–Crippen LogP) is 0.424. The van der Waals surface area contributed by atoms with Crippen LogP contribution in [-0.2, 0) is 7.05 Å². The molecule has 0 saturated carbocycles. The van der Waals surface area contributed by atoms with Crippen molar-refractivity contribution in [2.45, 2.75) is 0 Å². The van der Waals surface area contributed by atoms with Crippen LogP contribution < -0.4 is 11.3 Å². The van der Waals surface area contributed by atoms with Gasteiger partial charge in [0.05, 0.1) is 6.20 Å². The first-order valence-electron chi connectivity index (χ1n) is 4.42. The maximum atomic E-state index is 11.5. The Labute approximate surface area is 86.2 Å². The number of nitrogens with zero attached hydrogens (tertiary/aromatic N) is 3. The average molecular weight is 202 g/mol. The second-order valence-corrected chi connectivity index (χ2v) is 3.14. The van der Waals surface area contributed by atoms with E-state index < -0.39 is 0 Å². The predicted molar refractivity (Wildman–Crippen MR) is 57.1 cm³/mol. The molecule has 0 radical (unpaired) electrons. The molecule has 5 nitrogen and oxygen atoms in total. The number of nitrogens with two attached hydrogens (primary N) is 1. The fraction of sp³-hybridized carbons (Fsp3) is 0.100. The molecule has 2 heterocycles. The second kappa shape index (κ2) is 3.53. The molecule has 0 bridgehead atoms. The number of rotatable bonds is 1. The van der Waals surface area contributed by atoms with Gasteiger partial charge in [-0.1, -0.05) is 0 Å². The Kier molecular flexibility index (Phi) is 2.21. The minimum absolute atomic E-state index is 0.207. The Hall–Kier alpha value is -2.17. The number of aryl methyl sites for hydroxylation is 1. The van der Waals surface area contributed by atoms with Gasteiger partial charge >= 0.3 is 0 Å². The highest BCUT2D eigenvalue weighted by Gasteiger charge is 2.07. The van der Waals surface area contributed by atoms with E-state index in [0.717, 1.165) is 5.56 Å². The van der Waals surface area contributed by atoms with E-state index in [9.17, 15) is 4.79 Å². The van der Waals surface area contributed by atoms with Crippen LogP contribution >= 0.6 is 0 Å². The summed E-state index contributed by atoms with van der Waals surface area (Å²) in [6.07, 6.45) is 4.87. The molecule has 0 fully saturated rings. The van der Waals surface area contributed by atoms with Crippen molar-refractivity contribution in [3.05, 3.63) is 41.1 Å². The minimum atomic E-state index is -0.288. The van der Waals surface area contributed by atoms with Crippen molar-refractivity contribution < 1.29 is 0 Å². The molecule has 2 rings (SSSR count). The summed E-state index contributed by atoms with van der Waals surface area (Å²) in [5.74, 6) is 0. The molecule has 0 unspecified atom stereocenters. The lowest BCUT2D eigenvalue weighted by molar-refractivity contribution is 0.711. The van der Waals surface area contributed by atoms with Gasteiger partial charge in [0.25, 0.3) is 5.56 Å². The molecule has 2 N–H and O–H groups in total. The number of hydrogen-bond donors (Lipinski definition) is 1. The fourth-order valence-corrected chi connectivity index (χ4v) is 1.32. The maximum absolute atomic E-state index is 11.5. The summed E-state index contributed by atoms with van der Waals surface area (Å²) in [6, 6.07) is 3.57. The van der Waals surface area contributed by atoms with E-state index >= 15 is 0 Å². The zero-order valence-electron chi connectivity index (χ0n) is 8.21. The van der Waals surface area contributed by atoms with Gasteiger partial charge in [-0.3, -0.25) is 9.78 Å². The van der Waals surface area contributed by atoms with Gasteiger partial charge in [-0.25, -0.2) is 4.68 Å². The molecule has 0 spiro atoms. The number of aromatic nitrogens is 3. The van der Waals surface area contributed by atoms with Crippen molar-refractivity contribution >= 4 is 5.69 Å². The average Bonchev–Trinajstić information content (AvgIpc) is 2.27. The first kappa shape index (κ1) is 9.39. The third-order valence-electron chi connectivity index (χ3n) is 2.17. The second-order valence-electron chi connectivity index (χ2n) is 3.14. The van der Waals surface area contributed by atoms with Crippen LogP contribution in [0.1, 0.15) is 0 Å². The summed E-state index contributed by atoms with van der Waals surface area (Å²) in [6.45, 7) is 0. The normalized spacial score (nSPS) is 10.2. The SMILES string of the molecule is Cn1ncc(-c2ccncc2)c(N)c1=O. The molecule has 0 aliphatic heterocycles. The van der Waals surface area contributed by atoms with Gasteiger partial charge in [0, 0.05) is 25.0 Å². The molecule has 0 aromatic carbocycles. The Balaban J connectivity index is 2.66. The van der Waals surface area contributed by atoms with Gasteiger partial charge in [-0.2, -0.15) is 5.10 Å². The molecule has 76 valence electrons. The summed E-state index contributed by atoms with van der Waals surface area (Å²) in [5, 5.41) is 3.92. The van der Waals surface area contributed by atoms with Gasteiger partial charge in [0.15, 0.2) is 0 Å². The topological polar surface area (TPSA) is 73.8 Å². The van der Waals surface area contributed by atoms with E-state index in [1.165, 1.54) is 4.68 Å². The highest BCUT2D eigenvalue weighted by Crippen LogP contribution is 2.20. The Morgan fingerprint density at radius 3 is 2.67 bits per heavy atom. The summed E-state index contributed by atoms with van der Waals surface area (Å²) in [7, 11) is 1.56. The Morgan fingerprint density at radius 2 is 2.00 bits per heavy atom. The van der Waals surface area contributed by atoms with Gasteiger partial charge in [-0.15, -0.1) is 0 Å². The van der Waals surface area contributed by atoms with Gasteiger partial charge < -0.3 is 5.73 Å². The molecular weight excluding hydrogens is 192 g/mol. The molecule has 2 aromatic rings. The Bertz CT molecular complexity index is 533. The molecule has 0 saturated heterocycles. The summed E-state index contributed by atoms with van der Waals surface area (Å²) in [4.78, 5) is 15.4.